The average Bonchev–Trinajstić information content (AvgIpc) is 2.72. The van der Waals surface area contributed by atoms with Crippen molar-refractivity contribution in [2.24, 2.45) is 0 Å². The first-order chi connectivity index (χ1) is 14.2. The molecule has 3 aromatic carbocycles. The Hall–Kier alpha value is -2.90. The molecule has 1 N–H and O–H groups in total. The predicted molar refractivity (Wildman–Crippen MR) is 117 cm³/mol. The van der Waals surface area contributed by atoms with Crippen molar-refractivity contribution in [3.05, 3.63) is 88.7 Å². The van der Waals surface area contributed by atoms with E-state index in [4.69, 9.17) is 11.6 Å². The summed E-state index contributed by atoms with van der Waals surface area (Å²) in [7, 11) is -4.01. The van der Waals surface area contributed by atoms with Crippen molar-refractivity contribution in [1.82, 2.24) is 0 Å². The number of anilines is 2. The van der Waals surface area contributed by atoms with Crippen LogP contribution in [0.2, 0.25) is 5.02 Å². The lowest BCUT2D eigenvalue weighted by Crippen LogP contribution is -2.38. The molecule has 0 aliphatic heterocycles. The largest absolute Gasteiger partial charge is 0.324 e. The highest BCUT2D eigenvalue weighted by Gasteiger charge is 2.28. The van der Waals surface area contributed by atoms with Crippen LogP contribution in [0.3, 0.4) is 0 Å². The maximum Gasteiger partial charge on any atom is 0.264 e. The fraction of sp³-hybridized carbons (Fsp3) is 0.136. The summed E-state index contributed by atoms with van der Waals surface area (Å²) in [6, 6.07) is 16.9. The molecule has 0 saturated carbocycles. The number of nitrogens with one attached hydrogen (secondary N) is 1. The molecular weight excluding hydrogens is 427 g/mol. The first-order valence-electron chi connectivity index (χ1n) is 9.09. The molecular formula is C22H20ClFN2O3S. The second-order valence-corrected chi connectivity index (χ2v) is 8.99. The molecule has 0 aliphatic carbocycles. The zero-order valence-corrected chi connectivity index (χ0v) is 18.0. The summed E-state index contributed by atoms with van der Waals surface area (Å²) < 4.78 is 41.2. The maximum atomic E-state index is 13.4. The molecule has 1 amide bonds. The minimum atomic E-state index is -4.01. The molecule has 5 nitrogen and oxygen atoms in total. The molecule has 156 valence electrons. The molecule has 0 bridgehead atoms. The number of hydrogen-bond donors (Lipinski definition) is 1. The standard InChI is InChI=1S/C22H20ClFN2O3S/c1-15-7-6-10-21(16(15)2)26(30(28,29)18-8-4-3-5-9-18)14-22(27)25-17-11-12-20(24)19(23)13-17/h3-13H,14H2,1-2H3,(H,25,27). The zero-order valence-electron chi connectivity index (χ0n) is 16.4. The lowest BCUT2D eigenvalue weighted by atomic mass is 10.1. The summed E-state index contributed by atoms with van der Waals surface area (Å²) in [5.74, 6) is -1.20. The fourth-order valence-electron chi connectivity index (χ4n) is 2.93. The number of carbonyl (C=O) groups is 1. The van der Waals surface area contributed by atoms with Gasteiger partial charge in [-0.15, -0.1) is 0 Å². The highest BCUT2D eigenvalue weighted by molar-refractivity contribution is 7.92. The van der Waals surface area contributed by atoms with Crippen molar-refractivity contribution < 1.29 is 17.6 Å². The summed E-state index contributed by atoms with van der Waals surface area (Å²) in [5.41, 5.74) is 2.32. The normalized spacial score (nSPS) is 11.2. The van der Waals surface area contributed by atoms with Crippen molar-refractivity contribution >= 4 is 38.9 Å². The average molecular weight is 447 g/mol. The van der Waals surface area contributed by atoms with Gasteiger partial charge in [-0.2, -0.15) is 0 Å². The van der Waals surface area contributed by atoms with Crippen molar-refractivity contribution in [1.29, 1.82) is 0 Å². The summed E-state index contributed by atoms with van der Waals surface area (Å²) in [5, 5.41) is 2.43. The topological polar surface area (TPSA) is 66.5 Å². The Bertz CT molecular complexity index is 1180. The summed E-state index contributed by atoms with van der Waals surface area (Å²) >= 11 is 5.76. The van der Waals surface area contributed by atoms with E-state index in [1.54, 1.807) is 37.3 Å². The van der Waals surface area contributed by atoms with Crippen LogP contribution >= 0.6 is 11.6 Å². The van der Waals surface area contributed by atoms with Gasteiger partial charge in [0.05, 0.1) is 15.6 Å². The third kappa shape index (κ3) is 4.63. The fourth-order valence-corrected chi connectivity index (χ4v) is 4.61. The van der Waals surface area contributed by atoms with Crippen LogP contribution in [-0.2, 0) is 14.8 Å². The van der Waals surface area contributed by atoms with Gasteiger partial charge in [-0.1, -0.05) is 41.9 Å². The molecule has 0 atom stereocenters. The Labute approximate surface area is 180 Å². The first-order valence-corrected chi connectivity index (χ1v) is 10.9. The van der Waals surface area contributed by atoms with Gasteiger partial charge in [0.15, 0.2) is 0 Å². The lowest BCUT2D eigenvalue weighted by Gasteiger charge is -2.26. The smallest absolute Gasteiger partial charge is 0.264 e. The molecule has 30 heavy (non-hydrogen) atoms. The van der Waals surface area contributed by atoms with Crippen molar-refractivity contribution in [2.75, 3.05) is 16.2 Å². The highest BCUT2D eigenvalue weighted by Crippen LogP contribution is 2.28. The van der Waals surface area contributed by atoms with Crippen molar-refractivity contribution in [2.45, 2.75) is 18.7 Å². The highest BCUT2D eigenvalue weighted by atomic mass is 35.5. The first kappa shape index (κ1) is 21.8. The number of hydrogen-bond acceptors (Lipinski definition) is 3. The van der Waals surface area contributed by atoms with Gasteiger partial charge in [0.2, 0.25) is 5.91 Å². The van der Waals surface area contributed by atoms with Gasteiger partial charge in [-0.3, -0.25) is 9.10 Å². The molecule has 3 rings (SSSR count). The molecule has 0 saturated heterocycles. The number of rotatable bonds is 6. The van der Waals surface area contributed by atoms with Gasteiger partial charge in [-0.25, -0.2) is 12.8 Å². The zero-order chi connectivity index (χ0) is 21.9. The van der Waals surface area contributed by atoms with E-state index in [1.807, 2.05) is 13.0 Å². The van der Waals surface area contributed by atoms with Crippen LogP contribution in [0.5, 0.6) is 0 Å². The molecule has 0 heterocycles. The summed E-state index contributed by atoms with van der Waals surface area (Å²) in [6.45, 7) is 3.21. The second kappa shape index (κ2) is 8.85. The van der Waals surface area contributed by atoms with E-state index in [9.17, 15) is 17.6 Å². The van der Waals surface area contributed by atoms with Crippen molar-refractivity contribution in [3.8, 4) is 0 Å². The van der Waals surface area contributed by atoms with E-state index in [-0.39, 0.29) is 15.6 Å². The Balaban J connectivity index is 1.98. The van der Waals surface area contributed by atoms with Crippen molar-refractivity contribution in [3.63, 3.8) is 0 Å². The molecule has 0 unspecified atom stereocenters. The molecule has 0 radical (unpaired) electrons. The van der Waals surface area contributed by atoms with Crippen LogP contribution in [0.15, 0.2) is 71.6 Å². The Morgan fingerprint density at radius 2 is 1.73 bits per heavy atom. The Morgan fingerprint density at radius 3 is 2.40 bits per heavy atom. The summed E-state index contributed by atoms with van der Waals surface area (Å²) in [4.78, 5) is 12.8. The van der Waals surface area contributed by atoms with E-state index in [1.165, 1.54) is 24.3 Å². The quantitative estimate of drug-likeness (QED) is 0.583. The number of sulfonamides is 1. The van der Waals surface area contributed by atoms with Gasteiger partial charge in [0, 0.05) is 5.69 Å². The number of halogens is 2. The van der Waals surface area contributed by atoms with Gasteiger partial charge in [-0.05, 0) is 61.4 Å². The number of nitrogens with zero attached hydrogens (tertiary/aromatic N) is 1. The molecule has 0 aliphatic rings. The molecule has 0 spiro atoms. The summed E-state index contributed by atoms with van der Waals surface area (Å²) in [6.07, 6.45) is 0. The minimum Gasteiger partial charge on any atom is -0.324 e. The Kier molecular flexibility index (Phi) is 6.43. The van der Waals surface area contributed by atoms with E-state index in [0.717, 1.165) is 21.5 Å². The van der Waals surface area contributed by atoms with E-state index in [2.05, 4.69) is 5.32 Å². The van der Waals surface area contributed by atoms with Gasteiger partial charge < -0.3 is 5.32 Å². The second-order valence-electron chi connectivity index (χ2n) is 6.72. The molecule has 0 fully saturated rings. The predicted octanol–water partition coefficient (Wildman–Crippen LogP) is 4.93. The SMILES string of the molecule is Cc1cccc(N(CC(=O)Nc2ccc(F)c(Cl)c2)S(=O)(=O)c2ccccc2)c1C. The molecule has 0 aromatic heterocycles. The number of carbonyl (C=O) groups excluding carboxylic acids is 1. The van der Waals surface area contributed by atoms with E-state index < -0.39 is 28.3 Å². The van der Waals surface area contributed by atoms with E-state index >= 15 is 0 Å². The van der Waals surface area contributed by atoms with E-state index in [0.29, 0.717) is 5.69 Å². The minimum absolute atomic E-state index is 0.0727. The lowest BCUT2D eigenvalue weighted by molar-refractivity contribution is -0.114. The van der Waals surface area contributed by atoms with Gasteiger partial charge >= 0.3 is 0 Å². The third-order valence-electron chi connectivity index (χ3n) is 4.67. The monoisotopic (exact) mass is 446 g/mol. The maximum absolute atomic E-state index is 13.4. The van der Waals surface area contributed by atoms with Gasteiger partial charge in [0.25, 0.3) is 10.0 Å². The number of aryl methyl sites for hydroxylation is 1. The molecule has 8 heteroatoms. The number of amides is 1. The molecule has 3 aromatic rings. The number of benzene rings is 3. The van der Waals surface area contributed by atoms with Crippen LogP contribution in [-0.4, -0.2) is 20.9 Å². The van der Waals surface area contributed by atoms with Crippen LogP contribution in [0.25, 0.3) is 0 Å². The van der Waals surface area contributed by atoms with Crippen LogP contribution in [0.4, 0.5) is 15.8 Å². The van der Waals surface area contributed by atoms with Crippen LogP contribution < -0.4 is 9.62 Å². The third-order valence-corrected chi connectivity index (χ3v) is 6.73. The Morgan fingerprint density at radius 1 is 1.03 bits per heavy atom. The van der Waals surface area contributed by atoms with Crippen LogP contribution in [0.1, 0.15) is 11.1 Å². The van der Waals surface area contributed by atoms with Gasteiger partial charge in [0.1, 0.15) is 12.4 Å². The van der Waals surface area contributed by atoms with Crippen LogP contribution in [0, 0.1) is 19.7 Å².